The summed E-state index contributed by atoms with van der Waals surface area (Å²) in [5, 5.41) is 6.44. The number of halogens is 2. The van der Waals surface area contributed by atoms with Crippen LogP contribution < -0.4 is 9.91 Å². The molecule has 5 nitrogen and oxygen atoms in total. The first kappa shape index (κ1) is 18.4. The molecule has 0 fully saturated rings. The number of carbonyl (C=O) groups excluding carboxylic acids is 2. The second kappa shape index (κ2) is 7.48. The zero-order valence-electron chi connectivity index (χ0n) is 14.4. The number of amides is 2. The third kappa shape index (κ3) is 3.45. The average Bonchev–Trinajstić information content (AvgIpc) is 2.98. The van der Waals surface area contributed by atoms with Crippen molar-refractivity contribution >= 4 is 52.2 Å². The molecule has 0 aromatic heterocycles. The fourth-order valence-electron chi connectivity index (χ4n) is 2.72. The second-order valence-corrected chi connectivity index (χ2v) is 6.70. The fraction of sp³-hybridized carbons (Fsp3) is 0.211. The van der Waals surface area contributed by atoms with Gasteiger partial charge in [-0.15, -0.1) is 0 Å². The topological polar surface area (TPSA) is 53.0 Å². The van der Waals surface area contributed by atoms with Gasteiger partial charge in [-0.1, -0.05) is 48.3 Å². The van der Waals surface area contributed by atoms with Gasteiger partial charge in [-0.05, 0) is 36.8 Å². The van der Waals surface area contributed by atoms with Crippen molar-refractivity contribution < 1.29 is 9.59 Å². The average molecular weight is 390 g/mol. The maximum absolute atomic E-state index is 12.6. The highest BCUT2D eigenvalue weighted by molar-refractivity contribution is 6.37. The summed E-state index contributed by atoms with van der Waals surface area (Å²) in [7, 11) is 0. The van der Waals surface area contributed by atoms with Crippen molar-refractivity contribution in [3.63, 3.8) is 0 Å². The van der Waals surface area contributed by atoms with Crippen LogP contribution in [-0.4, -0.2) is 17.6 Å². The summed E-state index contributed by atoms with van der Waals surface area (Å²) in [6.45, 7) is 3.66. The van der Waals surface area contributed by atoms with Gasteiger partial charge in [0.05, 0.1) is 27.8 Å². The molecule has 2 aromatic carbocycles. The number of rotatable bonds is 3. The summed E-state index contributed by atoms with van der Waals surface area (Å²) in [4.78, 5) is 26.5. The molecule has 134 valence electrons. The molecule has 0 saturated carbocycles. The molecule has 0 bridgehead atoms. The lowest BCUT2D eigenvalue weighted by Gasteiger charge is -2.22. The van der Waals surface area contributed by atoms with Gasteiger partial charge >= 0.3 is 0 Å². The second-order valence-electron chi connectivity index (χ2n) is 5.89. The highest BCUT2D eigenvalue weighted by atomic mass is 35.5. The molecule has 7 heteroatoms. The van der Waals surface area contributed by atoms with Gasteiger partial charge in [0.2, 0.25) is 5.91 Å². The number of para-hydroxylation sites is 1. The third-order valence-corrected chi connectivity index (χ3v) is 4.62. The normalized spacial score (nSPS) is 13.8. The molecule has 2 amide bonds. The molecule has 3 rings (SSSR count). The molecular formula is C19H17Cl2N3O2. The summed E-state index contributed by atoms with van der Waals surface area (Å²) in [5.74, 6) is -0.124. The first-order valence-corrected chi connectivity index (χ1v) is 8.92. The van der Waals surface area contributed by atoms with E-state index in [9.17, 15) is 9.59 Å². The van der Waals surface area contributed by atoms with Crippen LogP contribution in [0.1, 0.15) is 25.3 Å². The van der Waals surface area contributed by atoms with E-state index in [0.717, 1.165) is 5.56 Å². The lowest BCUT2D eigenvalue weighted by Crippen LogP contribution is -2.36. The summed E-state index contributed by atoms with van der Waals surface area (Å²) < 4.78 is 0. The van der Waals surface area contributed by atoms with Gasteiger partial charge in [-0.25, -0.2) is 0 Å². The largest absolute Gasteiger partial charge is 0.274 e. The number of anilines is 2. The van der Waals surface area contributed by atoms with Crippen molar-refractivity contribution in [3.05, 3.63) is 58.1 Å². The molecule has 0 saturated heterocycles. The molecule has 1 heterocycles. The smallest absolute Gasteiger partial charge is 0.255 e. The number of amidine groups is 1. The lowest BCUT2D eigenvalue weighted by atomic mass is 10.2. The van der Waals surface area contributed by atoms with E-state index < -0.39 is 0 Å². The Labute approximate surface area is 161 Å². The molecule has 0 unspecified atom stereocenters. The van der Waals surface area contributed by atoms with E-state index in [2.05, 4.69) is 5.10 Å². The Morgan fingerprint density at radius 1 is 1.19 bits per heavy atom. The van der Waals surface area contributed by atoms with Gasteiger partial charge < -0.3 is 0 Å². The molecule has 26 heavy (non-hydrogen) atoms. The first-order valence-electron chi connectivity index (χ1n) is 8.16. The maximum atomic E-state index is 12.6. The Morgan fingerprint density at radius 2 is 1.92 bits per heavy atom. The van der Waals surface area contributed by atoms with Crippen LogP contribution >= 0.6 is 23.2 Å². The molecule has 1 aliphatic heterocycles. The number of hydrazone groups is 1. The molecule has 0 atom stereocenters. The monoisotopic (exact) mass is 389 g/mol. The van der Waals surface area contributed by atoms with E-state index in [1.807, 2.05) is 13.0 Å². The van der Waals surface area contributed by atoms with Crippen LogP contribution in [0.2, 0.25) is 10.0 Å². The molecule has 2 aromatic rings. The van der Waals surface area contributed by atoms with Gasteiger partial charge in [-0.3, -0.25) is 14.5 Å². The van der Waals surface area contributed by atoms with Crippen LogP contribution in [0.4, 0.5) is 11.4 Å². The summed E-state index contributed by atoms with van der Waals surface area (Å²) >= 11 is 12.5. The van der Waals surface area contributed by atoms with Gasteiger partial charge in [0.15, 0.2) is 0 Å². The summed E-state index contributed by atoms with van der Waals surface area (Å²) in [6.07, 6.45) is 0.241. The summed E-state index contributed by atoms with van der Waals surface area (Å²) in [5.41, 5.74) is 1.97. The van der Waals surface area contributed by atoms with E-state index in [1.54, 1.807) is 43.3 Å². The van der Waals surface area contributed by atoms with E-state index in [4.69, 9.17) is 23.2 Å². The minimum Gasteiger partial charge on any atom is -0.274 e. The predicted octanol–water partition coefficient (Wildman–Crippen LogP) is 4.80. The zero-order chi connectivity index (χ0) is 18.8. The summed E-state index contributed by atoms with van der Waals surface area (Å²) in [6, 6.07) is 12.3. The Balaban J connectivity index is 2.05. The fourth-order valence-corrected chi connectivity index (χ4v) is 3.26. The van der Waals surface area contributed by atoms with E-state index >= 15 is 0 Å². The molecule has 0 aliphatic carbocycles. The van der Waals surface area contributed by atoms with Crippen LogP contribution in [-0.2, 0) is 9.59 Å². The van der Waals surface area contributed by atoms with E-state index in [0.29, 0.717) is 27.3 Å². The van der Waals surface area contributed by atoms with Crippen LogP contribution in [0.25, 0.3) is 0 Å². The molecule has 0 radical (unpaired) electrons. The Bertz CT molecular complexity index is 911. The van der Waals surface area contributed by atoms with E-state index in [1.165, 1.54) is 9.91 Å². The first-order chi connectivity index (χ1) is 12.4. The van der Waals surface area contributed by atoms with Crippen LogP contribution in [0.3, 0.4) is 0 Å². The Hall–Kier alpha value is -2.37. The zero-order valence-corrected chi connectivity index (χ0v) is 15.9. The maximum Gasteiger partial charge on any atom is 0.255 e. The number of nitrogens with zero attached hydrogens (tertiary/aromatic N) is 3. The Morgan fingerprint density at radius 3 is 2.58 bits per heavy atom. The van der Waals surface area contributed by atoms with Gasteiger partial charge in [0, 0.05) is 6.42 Å². The van der Waals surface area contributed by atoms with Gasteiger partial charge in [0.25, 0.3) is 5.91 Å². The number of carbonyl (C=O) groups is 2. The standard InChI is InChI=1S/C19H17Cl2N3O2/c1-3-18(25)23(15-9-8-12(2)10-14(15)21)17-11-19(26)24(22-17)16-7-5-4-6-13(16)20/h4-10H,3,11H2,1-2H3. The molecular weight excluding hydrogens is 373 g/mol. The van der Waals surface area contributed by atoms with Crippen molar-refractivity contribution in [1.29, 1.82) is 0 Å². The lowest BCUT2D eigenvalue weighted by molar-refractivity contribution is -0.117. The molecule has 0 N–H and O–H groups in total. The minimum absolute atomic E-state index is 0.0127. The van der Waals surface area contributed by atoms with Crippen molar-refractivity contribution in [1.82, 2.24) is 0 Å². The minimum atomic E-state index is -0.259. The number of hydrogen-bond donors (Lipinski definition) is 0. The molecule has 0 spiro atoms. The van der Waals surface area contributed by atoms with Crippen molar-refractivity contribution in [2.75, 3.05) is 9.91 Å². The molecule has 1 aliphatic rings. The van der Waals surface area contributed by atoms with Crippen LogP contribution in [0.15, 0.2) is 47.6 Å². The van der Waals surface area contributed by atoms with Crippen molar-refractivity contribution in [2.24, 2.45) is 5.10 Å². The quantitative estimate of drug-likeness (QED) is 0.756. The SMILES string of the molecule is CCC(=O)N(C1=NN(c2ccccc2Cl)C(=O)C1)c1ccc(C)cc1Cl. The number of benzene rings is 2. The number of hydrogen-bond acceptors (Lipinski definition) is 3. The third-order valence-electron chi connectivity index (χ3n) is 4.00. The highest BCUT2D eigenvalue weighted by Gasteiger charge is 2.33. The van der Waals surface area contributed by atoms with Gasteiger partial charge in [0.1, 0.15) is 5.84 Å². The van der Waals surface area contributed by atoms with E-state index in [-0.39, 0.29) is 24.7 Å². The van der Waals surface area contributed by atoms with Crippen LogP contribution in [0, 0.1) is 6.92 Å². The van der Waals surface area contributed by atoms with Gasteiger partial charge in [-0.2, -0.15) is 10.1 Å². The Kier molecular flexibility index (Phi) is 5.30. The van der Waals surface area contributed by atoms with Crippen LogP contribution in [0.5, 0.6) is 0 Å². The highest BCUT2D eigenvalue weighted by Crippen LogP contribution is 2.32. The van der Waals surface area contributed by atoms with Crippen molar-refractivity contribution in [3.8, 4) is 0 Å². The van der Waals surface area contributed by atoms with Crippen molar-refractivity contribution in [2.45, 2.75) is 26.7 Å². The predicted molar refractivity (Wildman–Crippen MR) is 105 cm³/mol. The number of aryl methyl sites for hydroxylation is 1.